The number of carbonyl (C=O) groups excluding carboxylic acids is 2. The lowest BCUT2D eigenvalue weighted by atomic mass is 9.95. The zero-order chi connectivity index (χ0) is 25.1. The van der Waals surface area contributed by atoms with Gasteiger partial charge in [-0.3, -0.25) is 9.59 Å². The van der Waals surface area contributed by atoms with Crippen molar-refractivity contribution in [3.8, 4) is 11.5 Å². The molecule has 0 saturated carbocycles. The summed E-state index contributed by atoms with van der Waals surface area (Å²) in [6.45, 7) is 2.92. The van der Waals surface area contributed by atoms with Crippen LogP contribution in [-0.4, -0.2) is 55.7 Å². The number of Topliss-reactive ketones (excluding diaryl/α,β-unsaturated/α-hetero) is 1. The highest BCUT2D eigenvalue weighted by molar-refractivity contribution is 6.31. The van der Waals surface area contributed by atoms with E-state index in [1.54, 1.807) is 36.4 Å². The van der Waals surface area contributed by atoms with Crippen molar-refractivity contribution >= 4 is 34.3 Å². The average molecular weight is 500 g/mol. The first-order valence-corrected chi connectivity index (χ1v) is 11.5. The largest absolute Gasteiger partial charge is 0.503 e. The molecule has 0 aliphatic carbocycles. The number of fused-ring (bicyclic) bond motifs is 1. The second kappa shape index (κ2) is 10.4. The zero-order valence-corrected chi connectivity index (χ0v) is 20.4. The molecule has 0 saturated heterocycles. The van der Waals surface area contributed by atoms with E-state index in [2.05, 4.69) is 0 Å². The van der Waals surface area contributed by atoms with Gasteiger partial charge in [-0.2, -0.15) is 0 Å². The summed E-state index contributed by atoms with van der Waals surface area (Å²) < 4.78 is 22.0. The first kappa shape index (κ1) is 24.6. The van der Waals surface area contributed by atoms with Crippen LogP contribution in [0.1, 0.15) is 35.5 Å². The zero-order valence-electron chi connectivity index (χ0n) is 19.7. The third-order valence-electron chi connectivity index (χ3n) is 5.72. The summed E-state index contributed by atoms with van der Waals surface area (Å²) in [7, 11) is 2.98. The van der Waals surface area contributed by atoms with E-state index >= 15 is 0 Å². The second-order valence-electron chi connectivity index (χ2n) is 8.04. The molecular formula is C26H26ClNO7. The van der Waals surface area contributed by atoms with Crippen LogP contribution in [0.4, 0.5) is 0 Å². The molecule has 0 spiro atoms. The highest BCUT2D eigenvalue weighted by atomic mass is 35.5. The molecule has 35 heavy (non-hydrogen) atoms. The molecule has 1 atom stereocenters. The van der Waals surface area contributed by atoms with Crippen LogP contribution >= 0.6 is 11.6 Å². The molecule has 1 amide bonds. The smallest absolute Gasteiger partial charge is 0.290 e. The SMILES string of the molecule is CCCOc1cccc(C2C(C(=O)c3cc4cc(Cl)cc(OC)c4o3)=C(O)C(=O)N2CCOC)c1. The molecule has 2 aromatic carbocycles. The number of benzene rings is 2. The molecule has 2 heterocycles. The second-order valence-corrected chi connectivity index (χ2v) is 8.48. The number of aliphatic hydroxyl groups excluding tert-OH is 1. The van der Waals surface area contributed by atoms with Gasteiger partial charge in [0, 0.05) is 30.1 Å². The van der Waals surface area contributed by atoms with Gasteiger partial charge in [0.15, 0.2) is 22.9 Å². The van der Waals surface area contributed by atoms with E-state index < -0.39 is 23.5 Å². The number of aliphatic hydroxyl groups is 1. The average Bonchev–Trinajstić information content (AvgIpc) is 3.39. The number of carbonyl (C=O) groups is 2. The topological polar surface area (TPSA) is 98.4 Å². The highest BCUT2D eigenvalue weighted by Crippen LogP contribution is 2.41. The van der Waals surface area contributed by atoms with Crippen molar-refractivity contribution in [2.45, 2.75) is 19.4 Å². The van der Waals surface area contributed by atoms with E-state index in [9.17, 15) is 14.7 Å². The van der Waals surface area contributed by atoms with Gasteiger partial charge in [0.25, 0.3) is 5.91 Å². The van der Waals surface area contributed by atoms with Gasteiger partial charge in [-0.1, -0.05) is 30.7 Å². The highest BCUT2D eigenvalue weighted by Gasteiger charge is 2.44. The van der Waals surface area contributed by atoms with E-state index in [1.807, 2.05) is 6.92 Å². The molecule has 0 bridgehead atoms. The van der Waals surface area contributed by atoms with Crippen molar-refractivity contribution in [2.24, 2.45) is 0 Å². The summed E-state index contributed by atoms with van der Waals surface area (Å²) in [6, 6.07) is 11.0. The van der Waals surface area contributed by atoms with Gasteiger partial charge in [-0.25, -0.2) is 0 Å². The lowest BCUT2D eigenvalue weighted by molar-refractivity contribution is -0.130. The Kier molecular flexibility index (Phi) is 7.33. The number of amides is 1. The van der Waals surface area contributed by atoms with Gasteiger partial charge < -0.3 is 28.6 Å². The summed E-state index contributed by atoms with van der Waals surface area (Å²) in [6.07, 6.45) is 0.829. The summed E-state index contributed by atoms with van der Waals surface area (Å²) in [5.41, 5.74) is 0.877. The van der Waals surface area contributed by atoms with E-state index in [0.29, 0.717) is 39.7 Å². The number of hydrogen-bond donors (Lipinski definition) is 1. The fraction of sp³-hybridized carbons (Fsp3) is 0.308. The molecule has 1 unspecified atom stereocenters. The molecule has 8 nitrogen and oxygen atoms in total. The molecule has 1 N–H and O–H groups in total. The Balaban J connectivity index is 1.80. The van der Waals surface area contributed by atoms with E-state index in [4.69, 9.17) is 30.2 Å². The lowest BCUT2D eigenvalue weighted by Gasteiger charge is -2.26. The van der Waals surface area contributed by atoms with Crippen molar-refractivity contribution in [1.29, 1.82) is 0 Å². The standard InChI is InChI=1S/C26H26ClNO7/c1-4-9-34-18-7-5-6-15(12-18)22-21(24(30)26(31)28(22)8-10-32-2)23(29)19-13-16-11-17(27)14-20(33-3)25(16)35-19/h5-7,11-14,22,30H,4,8-10H2,1-3H3. The number of halogens is 1. The Bertz CT molecular complexity index is 1300. The quantitative estimate of drug-likeness (QED) is 0.387. The van der Waals surface area contributed by atoms with Crippen molar-refractivity contribution in [3.05, 3.63) is 70.1 Å². The fourth-order valence-electron chi connectivity index (χ4n) is 4.13. The molecule has 0 fully saturated rings. The number of methoxy groups -OCH3 is 2. The van der Waals surface area contributed by atoms with Gasteiger partial charge in [0.1, 0.15) is 5.75 Å². The Morgan fingerprint density at radius 2 is 1.97 bits per heavy atom. The maximum absolute atomic E-state index is 13.7. The molecular weight excluding hydrogens is 474 g/mol. The van der Waals surface area contributed by atoms with Gasteiger partial charge in [0.05, 0.1) is 31.9 Å². The van der Waals surface area contributed by atoms with E-state index in [-0.39, 0.29) is 24.5 Å². The molecule has 1 aliphatic heterocycles. The number of nitrogens with zero attached hydrogens (tertiary/aromatic N) is 1. The minimum absolute atomic E-state index is 0.0492. The first-order chi connectivity index (χ1) is 16.9. The van der Waals surface area contributed by atoms with Gasteiger partial charge in [-0.05, 0) is 36.2 Å². The summed E-state index contributed by atoms with van der Waals surface area (Å²) >= 11 is 6.15. The molecule has 0 radical (unpaired) electrons. The number of hydrogen-bond acceptors (Lipinski definition) is 7. The Hall–Kier alpha value is -3.49. The normalized spacial score (nSPS) is 15.8. The van der Waals surface area contributed by atoms with Crippen LogP contribution in [0.15, 0.2) is 58.2 Å². The summed E-state index contributed by atoms with van der Waals surface area (Å²) in [4.78, 5) is 28.1. The predicted octanol–water partition coefficient (Wildman–Crippen LogP) is 5.11. The van der Waals surface area contributed by atoms with Crippen LogP contribution in [0, 0.1) is 0 Å². The molecule has 4 rings (SSSR count). The summed E-state index contributed by atoms with van der Waals surface area (Å²) in [5, 5.41) is 11.8. The van der Waals surface area contributed by atoms with E-state index in [1.165, 1.54) is 25.2 Å². The minimum Gasteiger partial charge on any atom is -0.503 e. The summed E-state index contributed by atoms with van der Waals surface area (Å²) in [5.74, 6) is -0.980. The first-order valence-electron chi connectivity index (χ1n) is 11.2. The Labute approximate surface area is 207 Å². The van der Waals surface area contributed by atoms with Gasteiger partial charge in [-0.15, -0.1) is 0 Å². The van der Waals surface area contributed by atoms with Gasteiger partial charge in [0.2, 0.25) is 5.78 Å². The maximum atomic E-state index is 13.7. The number of ketones is 1. The molecule has 1 aromatic heterocycles. The fourth-order valence-corrected chi connectivity index (χ4v) is 4.35. The predicted molar refractivity (Wildman–Crippen MR) is 130 cm³/mol. The monoisotopic (exact) mass is 499 g/mol. The van der Waals surface area contributed by atoms with Crippen LogP contribution < -0.4 is 9.47 Å². The molecule has 9 heteroatoms. The molecule has 3 aromatic rings. The van der Waals surface area contributed by atoms with Gasteiger partial charge >= 0.3 is 0 Å². The van der Waals surface area contributed by atoms with Crippen molar-refractivity contribution in [2.75, 3.05) is 34.0 Å². The third-order valence-corrected chi connectivity index (χ3v) is 5.94. The van der Waals surface area contributed by atoms with Crippen molar-refractivity contribution < 1.29 is 33.3 Å². The lowest BCUT2D eigenvalue weighted by Crippen LogP contribution is -2.34. The number of ether oxygens (including phenoxy) is 3. The maximum Gasteiger partial charge on any atom is 0.290 e. The minimum atomic E-state index is -0.853. The number of furan rings is 1. The Morgan fingerprint density at radius 1 is 1.17 bits per heavy atom. The van der Waals surface area contributed by atoms with Crippen molar-refractivity contribution in [1.82, 2.24) is 4.90 Å². The van der Waals surface area contributed by atoms with E-state index in [0.717, 1.165) is 6.42 Å². The Morgan fingerprint density at radius 3 is 2.69 bits per heavy atom. The number of rotatable bonds is 10. The third kappa shape index (κ3) is 4.72. The van der Waals surface area contributed by atoms with Crippen LogP contribution in [-0.2, 0) is 9.53 Å². The van der Waals surface area contributed by atoms with Crippen LogP contribution in [0.25, 0.3) is 11.0 Å². The van der Waals surface area contributed by atoms with Crippen LogP contribution in [0.2, 0.25) is 5.02 Å². The van der Waals surface area contributed by atoms with Crippen LogP contribution in [0.5, 0.6) is 11.5 Å². The van der Waals surface area contributed by atoms with Crippen LogP contribution in [0.3, 0.4) is 0 Å². The molecule has 1 aliphatic rings. The van der Waals surface area contributed by atoms with Crippen molar-refractivity contribution in [3.63, 3.8) is 0 Å². The molecule has 184 valence electrons.